The molecular weight excluding hydrogens is 646 g/mol. The van der Waals surface area contributed by atoms with Crippen molar-refractivity contribution in [1.29, 1.82) is 0 Å². The smallest absolute Gasteiger partial charge is 0.467 e. The van der Waals surface area contributed by atoms with Crippen LogP contribution in [0, 0.1) is 23.0 Å². The summed E-state index contributed by atoms with van der Waals surface area (Å²) in [5, 5.41) is 18.8. The number of hydrogen-bond donors (Lipinski definition) is 2. The van der Waals surface area contributed by atoms with E-state index in [0.717, 1.165) is 30.9 Å². The molecule has 2 atom stereocenters. The minimum absolute atomic E-state index is 0.0200. The summed E-state index contributed by atoms with van der Waals surface area (Å²) in [7, 11) is 1.36. The molecule has 0 bridgehead atoms. The Bertz CT molecular complexity index is 1920. The molecule has 2 unspecified atom stereocenters. The van der Waals surface area contributed by atoms with Gasteiger partial charge in [0.15, 0.2) is 17.4 Å². The fourth-order valence-electron chi connectivity index (χ4n) is 7.47. The molecule has 1 saturated carbocycles. The lowest BCUT2D eigenvalue weighted by molar-refractivity contribution is -0.375. The Morgan fingerprint density at radius 2 is 1.92 bits per heavy atom. The SMILES string of the molecule is COc1nc(N2CCOCC(C)C2)c2cnc(-c3cccc4ccc(F)c(OC(O)(O)F)c34)c(F)c2n1.F/C=C1/CC2N(CCC23CC3)C1. The van der Waals surface area contributed by atoms with Crippen LogP contribution in [-0.2, 0) is 4.74 Å². The van der Waals surface area contributed by atoms with Gasteiger partial charge >= 0.3 is 12.2 Å². The van der Waals surface area contributed by atoms with E-state index in [4.69, 9.17) is 19.7 Å². The molecule has 1 spiro atoms. The lowest BCUT2D eigenvalue weighted by atomic mass is 9.94. The quantitative estimate of drug-likeness (QED) is 0.202. The summed E-state index contributed by atoms with van der Waals surface area (Å²) in [5.74, 6) is -2.15. The van der Waals surface area contributed by atoms with Gasteiger partial charge in [0.05, 0.1) is 32.0 Å². The van der Waals surface area contributed by atoms with Gasteiger partial charge in [-0.2, -0.15) is 9.97 Å². The maximum atomic E-state index is 16.1. The lowest BCUT2D eigenvalue weighted by Crippen LogP contribution is -2.30. The number of hydrogen-bond acceptors (Lipinski definition) is 10. The van der Waals surface area contributed by atoms with Gasteiger partial charge in [0.25, 0.3) is 0 Å². The summed E-state index contributed by atoms with van der Waals surface area (Å²) in [5.41, 5.74) is 1.35. The zero-order chi connectivity index (χ0) is 34.5. The van der Waals surface area contributed by atoms with Crippen molar-refractivity contribution in [1.82, 2.24) is 19.9 Å². The Labute approximate surface area is 279 Å². The Hall–Kier alpha value is -4.11. The molecule has 3 aliphatic heterocycles. The van der Waals surface area contributed by atoms with Crippen molar-refractivity contribution in [2.75, 3.05) is 51.4 Å². The van der Waals surface area contributed by atoms with Crippen LogP contribution >= 0.6 is 0 Å². The van der Waals surface area contributed by atoms with E-state index >= 15 is 4.39 Å². The summed E-state index contributed by atoms with van der Waals surface area (Å²) < 4.78 is 71.9. The fourth-order valence-corrected chi connectivity index (χ4v) is 7.47. The normalized spacial score (nSPS) is 22.7. The zero-order valence-corrected chi connectivity index (χ0v) is 27.1. The highest BCUT2D eigenvalue weighted by Crippen LogP contribution is 2.60. The van der Waals surface area contributed by atoms with Crippen LogP contribution in [0.15, 0.2) is 48.4 Å². The van der Waals surface area contributed by atoms with Crippen LogP contribution in [0.25, 0.3) is 32.9 Å². The Morgan fingerprint density at radius 1 is 1.10 bits per heavy atom. The van der Waals surface area contributed by atoms with Crippen LogP contribution < -0.4 is 14.4 Å². The van der Waals surface area contributed by atoms with Crippen LogP contribution in [0.1, 0.15) is 32.6 Å². The minimum Gasteiger partial charge on any atom is -0.467 e. The summed E-state index contributed by atoms with van der Waals surface area (Å²) >= 11 is 0. The molecule has 49 heavy (non-hydrogen) atoms. The molecule has 4 aliphatic rings. The summed E-state index contributed by atoms with van der Waals surface area (Å²) in [6.07, 6.45) is 3.24. The van der Waals surface area contributed by atoms with Crippen molar-refractivity contribution in [3.63, 3.8) is 0 Å². The highest BCUT2D eigenvalue weighted by molar-refractivity contribution is 6.02. The van der Waals surface area contributed by atoms with Crippen molar-refractivity contribution in [3.8, 4) is 23.0 Å². The lowest BCUT2D eigenvalue weighted by Gasteiger charge is -2.24. The van der Waals surface area contributed by atoms with E-state index < -0.39 is 23.6 Å². The highest BCUT2D eigenvalue weighted by atomic mass is 19.2. The highest BCUT2D eigenvalue weighted by Gasteiger charge is 2.57. The Kier molecular flexibility index (Phi) is 8.84. The summed E-state index contributed by atoms with van der Waals surface area (Å²) in [6.45, 7) is 6.30. The summed E-state index contributed by atoms with van der Waals surface area (Å²) in [4.78, 5) is 17.4. The van der Waals surface area contributed by atoms with E-state index in [0.29, 0.717) is 54.4 Å². The van der Waals surface area contributed by atoms with Gasteiger partial charge in [-0.25, -0.2) is 13.2 Å². The fraction of sp³-hybridized carbons (Fsp3) is 0.457. The number of methoxy groups -OCH3 is 1. The second kappa shape index (κ2) is 13.0. The van der Waals surface area contributed by atoms with Gasteiger partial charge in [0.1, 0.15) is 17.0 Å². The average molecular weight is 684 g/mol. The van der Waals surface area contributed by atoms with Crippen molar-refractivity contribution in [2.24, 2.45) is 11.3 Å². The molecule has 1 aliphatic carbocycles. The van der Waals surface area contributed by atoms with Crippen molar-refractivity contribution >= 4 is 27.5 Å². The molecule has 3 saturated heterocycles. The predicted molar refractivity (Wildman–Crippen MR) is 173 cm³/mol. The molecule has 2 aromatic carbocycles. The number of aliphatic hydroxyl groups is 2. The molecule has 0 amide bonds. The first-order valence-corrected chi connectivity index (χ1v) is 16.3. The molecule has 10 nitrogen and oxygen atoms in total. The van der Waals surface area contributed by atoms with Crippen LogP contribution in [0.5, 0.6) is 11.8 Å². The standard InChI is InChI=1S/C25H23F3N4O5.C10H14FN/c1-13-11-32(8-9-36-12-13)23-16-10-29-20(19(27)21(16)30-24(31-23)35-2)15-5-3-4-14-6-7-17(26)22(18(14)15)37-25(28,33)34;11-6-8-5-9-10(1-2-10)3-4-12(9)7-8/h3-7,10,13,33-34H,8-9,11-12H2,1-2H3;6,9H,1-5,7H2/b;8-6-. The van der Waals surface area contributed by atoms with Gasteiger partial charge in [-0.3, -0.25) is 9.88 Å². The van der Waals surface area contributed by atoms with Gasteiger partial charge < -0.3 is 29.3 Å². The van der Waals surface area contributed by atoms with E-state index in [-0.39, 0.29) is 34.1 Å². The molecule has 14 heteroatoms. The molecule has 2 aromatic heterocycles. The van der Waals surface area contributed by atoms with Crippen LogP contribution in [0.3, 0.4) is 0 Å². The molecule has 4 fully saturated rings. The molecule has 8 rings (SSSR count). The number of alkyl halides is 1. The number of ether oxygens (including phenoxy) is 3. The third-order valence-electron chi connectivity index (χ3n) is 9.96. The monoisotopic (exact) mass is 683 g/mol. The van der Waals surface area contributed by atoms with Gasteiger partial charge in [0.2, 0.25) is 0 Å². The first kappa shape index (κ1) is 33.4. The zero-order valence-electron chi connectivity index (χ0n) is 27.1. The number of pyridine rings is 1. The number of halogens is 4. The molecule has 260 valence electrons. The van der Waals surface area contributed by atoms with Crippen LogP contribution in [-0.4, -0.2) is 88.8 Å². The molecule has 2 N–H and O–H groups in total. The maximum absolute atomic E-state index is 16.1. The molecule has 0 radical (unpaired) electrons. The molecule has 4 aromatic rings. The van der Waals surface area contributed by atoms with Crippen LogP contribution in [0.2, 0.25) is 0 Å². The largest absolute Gasteiger partial charge is 0.492 e. The molecule has 5 heterocycles. The summed E-state index contributed by atoms with van der Waals surface area (Å²) in [6, 6.07) is 7.51. The van der Waals surface area contributed by atoms with E-state index in [1.807, 2.05) is 11.8 Å². The van der Waals surface area contributed by atoms with Crippen molar-refractivity contribution < 1.29 is 42.0 Å². The maximum Gasteiger partial charge on any atom is 0.492 e. The number of fused-ring (bicyclic) bond motifs is 4. The minimum atomic E-state index is -4.17. The first-order chi connectivity index (χ1) is 23.5. The number of aromatic nitrogens is 3. The number of rotatable bonds is 5. The van der Waals surface area contributed by atoms with E-state index in [1.165, 1.54) is 51.2 Å². The average Bonchev–Trinajstić information content (AvgIpc) is 3.71. The Balaban J connectivity index is 0.000000261. The number of benzene rings is 2. The molecular formula is C35H37F4N5O5. The van der Waals surface area contributed by atoms with Crippen molar-refractivity contribution in [3.05, 3.63) is 60.1 Å². The second-order valence-corrected chi connectivity index (χ2v) is 13.3. The van der Waals surface area contributed by atoms with Crippen molar-refractivity contribution in [2.45, 2.75) is 44.9 Å². The first-order valence-electron chi connectivity index (χ1n) is 16.3. The third-order valence-corrected chi connectivity index (χ3v) is 9.96. The number of anilines is 1. The van der Waals surface area contributed by atoms with Gasteiger partial charge in [0, 0.05) is 42.8 Å². The van der Waals surface area contributed by atoms with Gasteiger partial charge in [-0.05, 0) is 60.6 Å². The van der Waals surface area contributed by atoms with Gasteiger partial charge in [-0.15, -0.1) is 4.39 Å². The topological polar surface area (TPSA) is 113 Å². The van der Waals surface area contributed by atoms with E-state index in [2.05, 4.69) is 24.6 Å². The van der Waals surface area contributed by atoms with Gasteiger partial charge in [-0.1, -0.05) is 31.2 Å². The Morgan fingerprint density at radius 3 is 2.65 bits per heavy atom. The number of nitrogens with zero attached hydrogens (tertiary/aromatic N) is 5. The second-order valence-electron chi connectivity index (χ2n) is 13.3. The predicted octanol–water partition coefficient (Wildman–Crippen LogP) is 5.65. The van der Waals surface area contributed by atoms with Crippen LogP contribution in [0.4, 0.5) is 23.4 Å². The van der Waals surface area contributed by atoms with E-state index in [1.54, 1.807) is 12.1 Å². The van der Waals surface area contributed by atoms with E-state index in [9.17, 15) is 13.2 Å². The third kappa shape index (κ3) is 6.50.